The first kappa shape index (κ1) is 14.5. The van der Waals surface area contributed by atoms with Crippen molar-refractivity contribution in [3.8, 4) is 11.5 Å². The summed E-state index contributed by atoms with van der Waals surface area (Å²) in [6, 6.07) is 10.5. The van der Waals surface area contributed by atoms with Crippen molar-refractivity contribution in [2.24, 2.45) is 0 Å². The van der Waals surface area contributed by atoms with Gasteiger partial charge in [-0.2, -0.15) is 0 Å². The third-order valence-corrected chi connectivity index (χ3v) is 4.14. The highest BCUT2D eigenvalue weighted by Crippen LogP contribution is 2.32. The number of halogens is 3. The zero-order valence-corrected chi connectivity index (χ0v) is 12.4. The van der Waals surface area contributed by atoms with Crippen LogP contribution in [0.4, 0.5) is 0 Å². The molecule has 0 spiro atoms. The van der Waals surface area contributed by atoms with Gasteiger partial charge < -0.3 is 4.74 Å². The largest absolute Gasteiger partial charge is 0.456 e. The van der Waals surface area contributed by atoms with E-state index in [0.29, 0.717) is 21.5 Å². The Morgan fingerprint density at radius 1 is 0.947 bits per heavy atom. The molecule has 0 unspecified atom stereocenters. The first-order valence-electron chi connectivity index (χ1n) is 5.04. The van der Waals surface area contributed by atoms with Crippen LogP contribution < -0.4 is 4.74 Å². The molecule has 100 valence electrons. The Morgan fingerprint density at radius 3 is 2.16 bits per heavy atom. The first-order chi connectivity index (χ1) is 8.86. The number of ether oxygens (including phenoxy) is 1. The lowest BCUT2D eigenvalue weighted by molar-refractivity contribution is 0.482. The summed E-state index contributed by atoms with van der Waals surface area (Å²) in [4.78, 5) is -0.00120. The van der Waals surface area contributed by atoms with E-state index >= 15 is 0 Å². The molecule has 0 saturated carbocycles. The second kappa shape index (κ2) is 5.59. The van der Waals surface area contributed by atoms with Crippen molar-refractivity contribution < 1.29 is 13.2 Å². The molecule has 19 heavy (non-hydrogen) atoms. The second-order valence-corrected chi connectivity index (χ2v) is 7.00. The molecule has 0 aromatic heterocycles. The van der Waals surface area contributed by atoms with E-state index in [1.54, 1.807) is 18.2 Å². The van der Waals surface area contributed by atoms with E-state index in [0.717, 1.165) is 0 Å². The van der Waals surface area contributed by atoms with E-state index in [1.165, 1.54) is 24.3 Å². The Morgan fingerprint density at radius 2 is 1.58 bits per heavy atom. The van der Waals surface area contributed by atoms with Crippen LogP contribution in [0, 0.1) is 0 Å². The van der Waals surface area contributed by atoms with E-state index in [2.05, 4.69) is 0 Å². The fourth-order valence-electron chi connectivity index (χ4n) is 1.35. The van der Waals surface area contributed by atoms with Gasteiger partial charge in [-0.25, -0.2) is 8.42 Å². The molecule has 2 aromatic carbocycles. The Bertz CT molecular complexity index is 697. The van der Waals surface area contributed by atoms with Crippen LogP contribution in [0.25, 0.3) is 0 Å². The Kier molecular flexibility index (Phi) is 4.26. The molecule has 7 heteroatoms. The van der Waals surface area contributed by atoms with Crippen LogP contribution in [0.15, 0.2) is 47.4 Å². The normalized spacial score (nSPS) is 11.3. The van der Waals surface area contributed by atoms with Crippen molar-refractivity contribution in [2.45, 2.75) is 4.90 Å². The minimum absolute atomic E-state index is 0.00120. The summed E-state index contributed by atoms with van der Waals surface area (Å²) < 4.78 is 27.7. The van der Waals surface area contributed by atoms with Crippen LogP contribution in [0.3, 0.4) is 0 Å². The van der Waals surface area contributed by atoms with E-state index < -0.39 is 9.05 Å². The van der Waals surface area contributed by atoms with Crippen molar-refractivity contribution in [2.75, 3.05) is 0 Å². The van der Waals surface area contributed by atoms with Gasteiger partial charge in [-0.05, 0) is 36.4 Å². The monoisotopic (exact) mass is 336 g/mol. The molecule has 0 aliphatic heterocycles. The molecular weight excluding hydrogens is 331 g/mol. The number of rotatable bonds is 3. The molecule has 0 aliphatic rings. The molecule has 2 rings (SSSR count). The van der Waals surface area contributed by atoms with Crippen molar-refractivity contribution in [1.29, 1.82) is 0 Å². The summed E-state index contributed by atoms with van der Waals surface area (Å²) in [5, 5.41) is 0.887. The average Bonchev–Trinajstić information content (AvgIpc) is 2.33. The molecular formula is C12H7Cl3O3S. The summed E-state index contributed by atoms with van der Waals surface area (Å²) in [6.07, 6.45) is 0. The fourth-order valence-corrected chi connectivity index (χ4v) is 2.44. The van der Waals surface area contributed by atoms with Gasteiger partial charge in [0.25, 0.3) is 9.05 Å². The Labute approximate surface area is 125 Å². The molecule has 0 saturated heterocycles. The maximum atomic E-state index is 11.1. The van der Waals surface area contributed by atoms with Crippen LogP contribution >= 0.6 is 33.9 Å². The number of hydrogen-bond donors (Lipinski definition) is 0. The standard InChI is InChI=1S/C12H7Cl3O3S/c13-8-1-6-11(14)12(7-8)18-9-2-4-10(5-3-9)19(15,16)17/h1-7H. The number of benzene rings is 2. The lowest BCUT2D eigenvalue weighted by Crippen LogP contribution is -1.91. The summed E-state index contributed by atoms with van der Waals surface area (Å²) >= 11 is 11.8. The Hall–Kier alpha value is -0.940. The Balaban J connectivity index is 2.27. The minimum Gasteiger partial charge on any atom is -0.456 e. The summed E-state index contributed by atoms with van der Waals surface area (Å²) in [7, 11) is 1.47. The second-order valence-electron chi connectivity index (χ2n) is 3.59. The van der Waals surface area contributed by atoms with Gasteiger partial charge in [0.05, 0.1) is 9.92 Å². The van der Waals surface area contributed by atoms with Gasteiger partial charge >= 0.3 is 0 Å². The fraction of sp³-hybridized carbons (Fsp3) is 0. The van der Waals surface area contributed by atoms with Crippen LogP contribution in [-0.4, -0.2) is 8.42 Å². The minimum atomic E-state index is -3.74. The number of hydrogen-bond acceptors (Lipinski definition) is 3. The zero-order valence-electron chi connectivity index (χ0n) is 9.31. The molecule has 0 heterocycles. The lowest BCUT2D eigenvalue weighted by atomic mass is 10.3. The van der Waals surface area contributed by atoms with Gasteiger partial charge in [-0.1, -0.05) is 23.2 Å². The molecule has 0 amide bonds. The predicted octanol–water partition coefficient (Wildman–Crippen LogP) is 4.71. The van der Waals surface area contributed by atoms with E-state index in [9.17, 15) is 8.42 Å². The predicted molar refractivity (Wildman–Crippen MR) is 76.0 cm³/mol. The third kappa shape index (κ3) is 3.76. The summed E-state index contributed by atoms with van der Waals surface area (Å²) in [6.45, 7) is 0. The molecule has 0 bridgehead atoms. The molecule has 2 aromatic rings. The highest BCUT2D eigenvalue weighted by atomic mass is 35.7. The van der Waals surface area contributed by atoms with Gasteiger partial charge in [0.1, 0.15) is 11.5 Å². The summed E-state index contributed by atoms with van der Waals surface area (Å²) in [5.41, 5.74) is 0. The molecule has 0 radical (unpaired) electrons. The van der Waals surface area contributed by atoms with Gasteiger partial charge in [0.2, 0.25) is 0 Å². The van der Waals surface area contributed by atoms with E-state index in [-0.39, 0.29) is 4.90 Å². The van der Waals surface area contributed by atoms with Gasteiger partial charge in [0, 0.05) is 21.8 Å². The van der Waals surface area contributed by atoms with Crippen LogP contribution in [0.2, 0.25) is 10.0 Å². The molecule has 0 N–H and O–H groups in total. The van der Waals surface area contributed by atoms with Crippen LogP contribution in [0.5, 0.6) is 11.5 Å². The third-order valence-electron chi connectivity index (χ3n) is 2.23. The molecule has 0 aliphatic carbocycles. The topological polar surface area (TPSA) is 43.4 Å². The van der Waals surface area contributed by atoms with Crippen molar-refractivity contribution in [3.05, 3.63) is 52.5 Å². The highest BCUT2D eigenvalue weighted by Gasteiger charge is 2.10. The molecule has 3 nitrogen and oxygen atoms in total. The first-order valence-corrected chi connectivity index (χ1v) is 8.10. The molecule has 0 atom stereocenters. The van der Waals surface area contributed by atoms with Gasteiger partial charge in [0.15, 0.2) is 0 Å². The smallest absolute Gasteiger partial charge is 0.261 e. The van der Waals surface area contributed by atoms with E-state index in [4.69, 9.17) is 38.6 Å². The van der Waals surface area contributed by atoms with E-state index in [1.807, 2.05) is 0 Å². The van der Waals surface area contributed by atoms with Crippen LogP contribution in [0.1, 0.15) is 0 Å². The van der Waals surface area contributed by atoms with Crippen molar-refractivity contribution >= 4 is 42.9 Å². The maximum Gasteiger partial charge on any atom is 0.261 e. The van der Waals surface area contributed by atoms with Crippen molar-refractivity contribution in [1.82, 2.24) is 0 Å². The van der Waals surface area contributed by atoms with Gasteiger partial charge in [-0.3, -0.25) is 0 Å². The lowest BCUT2D eigenvalue weighted by Gasteiger charge is -2.08. The highest BCUT2D eigenvalue weighted by molar-refractivity contribution is 8.13. The average molecular weight is 338 g/mol. The van der Waals surface area contributed by atoms with Gasteiger partial charge in [-0.15, -0.1) is 0 Å². The quantitative estimate of drug-likeness (QED) is 0.762. The SMILES string of the molecule is O=S(=O)(Cl)c1ccc(Oc2cc(Cl)ccc2Cl)cc1. The van der Waals surface area contributed by atoms with Crippen molar-refractivity contribution in [3.63, 3.8) is 0 Å². The molecule has 0 fully saturated rings. The maximum absolute atomic E-state index is 11.1. The zero-order chi connectivity index (χ0) is 14.0. The summed E-state index contributed by atoms with van der Waals surface area (Å²) in [5.74, 6) is 0.809. The van der Waals surface area contributed by atoms with Crippen LogP contribution in [-0.2, 0) is 9.05 Å².